The Morgan fingerprint density at radius 2 is 1.95 bits per heavy atom. The highest BCUT2D eigenvalue weighted by molar-refractivity contribution is 9.10. The zero-order chi connectivity index (χ0) is 14.1. The summed E-state index contributed by atoms with van der Waals surface area (Å²) in [5, 5.41) is 3.25. The average Bonchev–Trinajstić information content (AvgIpc) is 2.37. The van der Waals surface area contributed by atoms with Crippen molar-refractivity contribution in [2.24, 2.45) is 0 Å². The average molecular weight is 342 g/mol. The van der Waals surface area contributed by atoms with Crippen molar-refractivity contribution >= 4 is 21.8 Å². The molecular formula is C14H17BrFN3O. The molecule has 1 amide bonds. The molecule has 2 heterocycles. The van der Waals surface area contributed by atoms with Gasteiger partial charge in [0.25, 0.3) is 5.91 Å². The molecule has 108 valence electrons. The van der Waals surface area contributed by atoms with Gasteiger partial charge in [0.1, 0.15) is 5.82 Å². The predicted octanol–water partition coefficient (Wildman–Crippen LogP) is 1.32. The Bertz CT molecular complexity index is 513. The van der Waals surface area contributed by atoms with E-state index in [2.05, 4.69) is 26.1 Å². The van der Waals surface area contributed by atoms with Gasteiger partial charge < -0.3 is 10.2 Å². The van der Waals surface area contributed by atoms with Crippen molar-refractivity contribution in [3.8, 4) is 0 Å². The third-order valence-electron chi connectivity index (χ3n) is 4.04. The lowest BCUT2D eigenvalue weighted by atomic mass is 10.1. The molecule has 4 nitrogen and oxygen atoms in total. The van der Waals surface area contributed by atoms with Crippen LogP contribution >= 0.6 is 15.9 Å². The standard InChI is InChI=1S/C14H17BrFN3O/c15-10-1-2-12(13(16)7-10)14(20)19-5-3-18(4-6-19)11-8-17-9-11/h1-2,7,11,17H,3-6,8-9H2. The van der Waals surface area contributed by atoms with Crippen LogP contribution in [0.15, 0.2) is 22.7 Å². The van der Waals surface area contributed by atoms with Gasteiger partial charge >= 0.3 is 0 Å². The minimum atomic E-state index is -0.463. The summed E-state index contributed by atoms with van der Waals surface area (Å²) in [6.07, 6.45) is 0. The first-order valence-corrected chi connectivity index (χ1v) is 7.63. The van der Waals surface area contributed by atoms with Crippen LogP contribution in [0.2, 0.25) is 0 Å². The first-order chi connectivity index (χ1) is 9.65. The number of carbonyl (C=O) groups is 1. The zero-order valence-corrected chi connectivity index (χ0v) is 12.7. The Kier molecular flexibility index (Phi) is 4.05. The maximum Gasteiger partial charge on any atom is 0.256 e. The summed E-state index contributed by atoms with van der Waals surface area (Å²) >= 11 is 3.20. The molecule has 3 rings (SSSR count). The molecule has 20 heavy (non-hydrogen) atoms. The number of hydrogen-bond acceptors (Lipinski definition) is 3. The number of halogens is 2. The van der Waals surface area contributed by atoms with Crippen LogP contribution in [0.1, 0.15) is 10.4 Å². The molecular weight excluding hydrogens is 325 g/mol. The van der Waals surface area contributed by atoms with Crippen molar-refractivity contribution in [3.05, 3.63) is 34.1 Å². The van der Waals surface area contributed by atoms with Gasteiger partial charge in [-0.2, -0.15) is 0 Å². The van der Waals surface area contributed by atoms with E-state index in [4.69, 9.17) is 0 Å². The number of rotatable bonds is 2. The fraction of sp³-hybridized carbons (Fsp3) is 0.500. The van der Waals surface area contributed by atoms with E-state index in [1.807, 2.05) is 0 Å². The van der Waals surface area contributed by atoms with Gasteiger partial charge in [0.2, 0.25) is 0 Å². The zero-order valence-electron chi connectivity index (χ0n) is 11.1. The fourth-order valence-corrected chi connectivity index (χ4v) is 2.99. The van der Waals surface area contributed by atoms with Crippen LogP contribution in [-0.4, -0.2) is 61.0 Å². The van der Waals surface area contributed by atoms with Crippen LogP contribution in [-0.2, 0) is 0 Å². The van der Waals surface area contributed by atoms with Crippen molar-refractivity contribution < 1.29 is 9.18 Å². The third kappa shape index (κ3) is 2.73. The maximum absolute atomic E-state index is 13.8. The molecule has 0 bridgehead atoms. The van der Waals surface area contributed by atoms with E-state index < -0.39 is 5.82 Å². The molecule has 2 aliphatic rings. The summed E-state index contributed by atoms with van der Waals surface area (Å²) in [4.78, 5) is 16.5. The molecule has 0 radical (unpaired) electrons. The highest BCUT2D eigenvalue weighted by Crippen LogP contribution is 2.18. The Balaban J connectivity index is 1.63. The van der Waals surface area contributed by atoms with E-state index in [0.29, 0.717) is 23.6 Å². The van der Waals surface area contributed by atoms with E-state index in [1.54, 1.807) is 17.0 Å². The maximum atomic E-state index is 13.8. The largest absolute Gasteiger partial charge is 0.336 e. The molecule has 2 saturated heterocycles. The van der Waals surface area contributed by atoms with Gasteiger partial charge in [-0.05, 0) is 18.2 Å². The number of amides is 1. The Labute approximate surface area is 126 Å². The number of nitrogens with zero attached hydrogens (tertiary/aromatic N) is 2. The Morgan fingerprint density at radius 1 is 1.25 bits per heavy atom. The van der Waals surface area contributed by atoms with Gasteiger partial charge in [0.05, 0.1) is 5.56 Å². The second kappa shape index (κ2) is 5.79. The second-order valence-electron chi connectivity index (χ2n) is 5.26. The van der Waals surface area contributed by atoms with Gasteiger partial charge in [-0.1, -0.05) is 15.9 Å². The van der Waals surface area contributed by atoms with Crippen LogP contribution in [0.25, 0.3) is 0 Å². The molecule has 0 atom stereocenters. The molecule has 2 aliphatic heterocycles. The quantitative estimate of drug-likeness (QED) is 0.881. The lowest BCUT2D eigenvalue weighted by Crippen LogP contribution is -2.62. The van der Waals surface area contributed by atoms with Gasteiger partial charge in [0, 0.05) is 49.8 Å². The third-order valence-corrected chi connectivity index (χ3v) is 4.53. The number of benzene rings is 1. The summed E-state index contributed by atoms with van der Waals surface area (Å²) in [6.45, 7) is 5.16. The van der Waals surface area contributed by atoms with Crippen LogP contribution in [0.5, 0.6) is 0 Å². The smallest absolute Gasteiger partial charge is 0.256 e. The molecule has 1 N–H and O–H groups in total. The number of hydrogen-bond donors (Lipinski definition) is 1. The van der Waals surface area contributed by atoms with Crippen LogP contribution < -0.4 is 5.32 Å². The number of piperazine rings is 1. The van der Waals surface area contributed by atoms with Crippen LogP contribution in [0.3, 0.4) is 0 Å². The first kappa shape index (κ1) is 14.0. The second-order valence-corrected chi connectivity index (χ2v) is 6.18. The van der Waals surface area contributed by atoms with E-state index >= 15 is 0 Å². The minimum Gasteiger partial charge on any atom is -0.336 e. The summed E-state index contributed by atoms with van der Waals surface area (Å²) in [5.41, 5.74) is 0.159. The van der Waals surface area contributed by atoms with Crippen molar-refractivity contribution in [2.45, 2.75) is 6.04 Å². The highest BCUT2D eigenvalue weighted by Gasteiger charge is 2.30. The Morgan fingerprint density at radius 3 is 2.50 bits per heavy atom. The van der Waals surface area contributed by atoms with E-state index in [1.165, 1.54) is 6.07 Å². The Hall–Kier alpha value is -0.980. The first-order valence-electron chi connectivity index (χ1n) is 6.84. The molecule has 6 heteroatoms. The van der Waals surface area contributed by atoms with E-state index in [0.717, 1.165) is 26.2 Å². The molecule has 0 spiro atoms. The van der Waals surface area contributed by atoms with Crippen molar-refractivity contribution in [2.75, 3.05) is 39.3 Å². The summed E-state index contributed by atoms with van der Waals surface area (Å²) in [6, 6.07) is 5.19. The van der Waals surface area contributed by atoms with Crippen LogP contribution in [0, 0.1) is 5.82 Å². The number of carbonyl (C=O) groups excluding carboxylic acids is 1. The van der Waals surface area contributed by atoms with Crippen LogP contribution in [0.4, 0.5) is 4.39 Å². The normalized spacial score (nSPS) is 20.8. The SMILES string of the molecule is O=C(c1ccc(Br)cc1F)N1CCN(C2CNC2)CC1. The molecule has 0 aromatic heterocycles. The van der Waals surface area contributed by atoms with Gasteiger partial charge in [-0.25, -0.2) is 4.39 Å². The summed E-state index contributed by atoms with van der Waals surface area (Å²) < 4.78 is 14.5. The lowest BCUT2D eigenvalue weighted by Gasteiger charge is -2.43. The predicted molar refractivity (Wildman–Crippen MR) is 78.2 cm³/mol. The fourth-order valence-electron chi connectivity index (χ4n) is 2.66. The minimum absolute atomic E-state index is 0.159. The topological polar surface area (TPSA) is 35.6 Å². The molecule has 0 saturated carbocycles. The number of nitrogens with one attached hydrogen (secondary N) is 1. The van der Waals surface area contributed by atoms with E-state index in [9.17, 15) is 9.18 Å². The molecule has 1 aromatic rings. The lowest BCUT2D eigenvalue weighted by molar-refractivity contribution is 0.0498. The van der Waals surface area contributed by atoms with Crippen molar-refractivity contribution in [1.82, 2.24) is 15.1 Å². The van der Waals surface area contributed by atoms with Gasteiger partial charge in [0.15, 0.2) is 0 Å². The van der Waals surface area contributed by atoms with E-state index in [-0.39, 0.29) is 11.5 Å². The molecule has 0 unspecified atom stereocenters. The molecule has 2 fully saturated rings. The van der Waals surface area contributed by atoms with Crippen molar-refractivity contribution in [1.29, 1.82) is 0 Å². The van der Waals surface area contributed by atoms with Crippen molar-refractivity contribution in [3.63, 3.8) is 0 Å². The summed E-state index contributed by atoms with van der Waals surface area (Å²) in [5.74, 6) is -0.670. The van der Waals surface area contributed by atoms with Gasteiger partial charge in [-0.15, -0.1) is 0 Å². The highest BCUT2D eigenvalue weighted by atomic mass is 79.9. The van der Waals surface area contributed by atoms with Gasteiger partial charge in [-0.3, -0.25) is 9.69 Å². The summed E-state index contributed by atoms with van der Waals surface area (Å²) in [7, 11) is 0. The monoisotopic (exact) mass is 341 g/mol. The molecule has 1 aromatic carbocycles. The molecule has 0 aliphatic carbocycles.